The van der Waals surface area contributed by atoms with Gasteiger partial charge in [0, 0.05) is 24.5 Å². The van der Waals surface area contributed by atoms with E-state index >= 15 is 0 Å². The minimum Gasteiger partial charge on any atom is -0.385 e. The van der Waals surface area contributed by atoms with Crippen LogP contribution in [-0.4, -0.2) is 19.5 Å². The Kier molecular flexibility index (Phi) is 6.32. The topological polar surface area (TPSA) is 33.0 Å². The second-order valence-corrected chi connectivity index (χ2v) is 4.83. The first-order valence-electron chi connectivity index (χ1n) is 5.03. The number of benzene rings is 1. The maximum absolute atomic E-state index is 8.70. The minimum atomic E-state index is 0.609. The molecule has 0 bridgehead atoms. The van der Waals surface area contributed by atoms with Crippen molar-refractivity contribution in [2.45, 2.75) is 12.2 Å². The van der Waals surface area contributed by atoms with Gasteiger partial charge in [0.25, 0.3) is 0 Å². The summed E-state index contributed by atoms with van der Waals surface area (Å²) in [5.74, 6) is 1.94. The smallest absolute Gasteiger partial charge is 0.0992 e. The lowest BCUT2D eigenvalue weighted by Crippen LogP contribution is -1.91. The molecule has 0 amide bonds. The SMILES string of the molecule is COCCCSCc1ccc(C#N)cc1Cl. The van der Waals surface area contributed by atoms with Gasteiger partial charge in [-0.1, -0.05) is 17.7 Å². The van der Waals surface area contributed by atoms with Crippen LogP contribution in [0.15, 0.2) is 18.2 Å². The van der Waals surface area contributed by atoms with Gasteiger partial charge in [-0.25, -0.2) is 0 Å². The Morgan fingerprint density at radius 3 is 2.94 bits per heavy atom. The molecule has 86 valence electrons. The van der Waals surface area contributed by atoms with E-state index < -0.39 is 0 Å². The fourth-order valence-electron chi connectivity index (χ4n) is 1.22. The van der Waals surface area contributed by atoms with Gasteiger partial charge in [-0.05, 0) is 29.9 Å². The summed E-state index contributed by atoms with van der Waals surface area (Å²) in [6.45, 7) is 0.800. The van der Waals surface area contributed by atoms with Crippen LogP contribution in [-0.2, 0) is 10.5 Å². The Hall–Kier alpha value is -0.690. The molecule has 0 unspecified atom stereocenters. The van der Waals surface area contributed by atoms with Gasteiger partial charge in [-0.15, -0.1) is 0 Å². The Morgan fingerprint density at radius 2 is 2.31 bits per heavy atom. The number of nitriles is 1. The fraction of sp³-hybridized carbons (Fsp3) is 0.417. The predicted octanol–water partition coefficient (Wildman–Crippen LogP) is 3.48. The van der Waals surface area contributed by atoms with Crippen molar-refractivity contribution < 1.29 is 4.74 Å². The summed E-state index contributed by atoms with van der Waals surface area (Å²) in [6.07, 6.45) is 1.05. The lowest BCUT2D eigenvalue weighted by Gasteiger charge is -2.04. The molecule has 0 saturated carbocycles. The standard InChI is InChI=1S/C12H14ClNOS/c1-15-5-2-6-16-9-11-4-3-10(8-14)7-12(11)13/h3-4,7H,2,5-6,9H2,1H3. The number of rotatable bonds is 6. The van der Waals surface area contributed by atoms with Gasteiger partial charge in [0.05, 0.1) is 11.6 Å². The van der Waals surface area contributed by atoms with Crippen molar-refractivity contribution in [2.24, 2.45) is 0 Å². The van der Waals surface area contributed by atoms with Crippen LogP contribution >= 0.6 is 23.4 Å². The number of ether oxygens (including phenoxy) is 1. The minimum absolute atomic E-state index is 0.609. The number of methoxy groups -OCH3 is 1. The van der Waals surface area contributed by atoms with E-state index in [-0.39, 0.29) is 0 Å². The van der Waals surface area contributed by atoms with Gasteiger partial charge < -0.3 is 4.74 Å². The highest BCUT2D eigenvalue weighted by atomic mass is 35.5. The monoisotopic (exact) mass is 255 g/mol. The van der Waals surface area contributed by atoms with E-state index in [1.807, 2.05) is 17.8 Å². The molecule has 0 radical (unpaired) electrons. The van der Waals surface area contributed by atoms with Crippen LogP contribution in [0.4, 0.5) is 0 Å². The summed E-state index contributed by atoms with van der Waals surface area (Å²) in [5.41, 5.74) is 1.70. The van der Waals surface area contributed by atoms with Gasteiger partial charge in [0.15, 0.2) is 0 Å². The van der Waals surface area contributed by atoms with E-state index in [1.54, 1.807) is 19.2 Å². The Bertz CT molecular complexity index is 376. The first-order chi connectivity index (χ1) is 7.77. The van der Waals surface area contributed by atoms with Crippen LogP contribution in [0.3, 0.4) is 0 Å². The van der Waals surface area contributed by atoms with Gasteiger partial charge in [0.2, 0.25) is 0 Å². The number of thioether (sulfide) groups is 1. The summed E-state index contributed by atoms with van der Waals surface area (Å²) in [5, 5.41) is 9.38. The van der Waals surface area contributed by atoms with E-state index in [9.17, 15) is 0 Å². The van der Waals surface area contributed by atoms with Gasteiger partial charge in [-0.3, -0.25) is 0 Å². The third-order valence-electron chi connectivity index (χ3n) is 2.08. The second kappa shape index (κ2) is 7.56. The highest BCUT2D eigenvalue weighted by molar-refractivity contribution is 7.98. The molecular weight excluding hydrogens is 242 g/mol. The first kappa shape index (κ1) is 13.4. The normalized spacial score (nSPS) is 10.1. The first-order valence-corrected chi connectivity index (χ1v) is 6.56. The van der Waals surface area contributed by atoms with Crippen molar-refractivity contribution in [3.63, 3.8) is 0 Å². The highest BCUT2D eigenvalue weighted by Gasteiger charge is 2.01. The molecule has 2 nitrogen and oxygen atoms in total. The van der Waals surface area contributed by atoms with E-state index in [0.29, 0.717) is 10.6 Å². The maximum atomic E-state index is 8.70. The van der Waals surface area contributed by atoms with Crippen molar-refractivity contribution in [3.8, 4) is 6.07 Å². The van der Waals surface area contributed by atoms with Crippen LogP contribution in [0.5, 0.6) is 0 Å². The molecule has 0 saturated heterocycles. The average molecular weight is 256 g/mol. The third-order valence-corrected chi connectivity index (χ3v) is 3.52. The molecule has 0 aliphatic heterocycles. The van der Waals surface area contributed by atoms with E-state index in [2.05, 4.69) is 6.07 Å². The maximum Gasteiger partial charge on any atom is 0.0992 e. The molecule has 0 aliphatic carbocycles. The van der Waals surface area contributed by atoms with Crippen LogP contribution in [0, 0.1) is 11.3 Å². The number of hydrogen-bond acceptors (Lipinski definition) is 3. The summed E-state index contributed by atoms with van der Waals surface area (Å²) >= 11 is 7.89. The Labute approximate surface area is 106 Å². The number of nitrogens with zero attached hydrogens (tertiary/aromatic N) is 1. The summed E-state index contributed by atoms with van der Waals surface area (Å²) in [6, 6.07) is 7.51. The van der Waals surface area contributed by atoms with E-state index in [1.165, 1.54) is 0 Å². The van der Waals surface area contributed by atoms with Crippen molar-refractivity contribution in [1.82, 2.24) is 0 Å². The quantitative estimate of drug-likeness (QED) is 0.730. The van der Waals surface area contributed by atoms with E-state index in [4.69, 9.17) is 21.6 Å². The molecule has 0 aromatic heterocycles. The molecule has 16 heavy (non-hydrogen) atoms. The van der Waals surface area contributed by atoms with Crippen LogP contribution < -0.4 is 0 Å². The molecule has 4 heteroatoms. The van der Waals surface area contributed by atoms with Crippen LogP contribution in [0.1, 0.15) is 17.5 Å². The van der Waals surface area contributed by atoms with Crippen LogP contribution in [0.2, 0.25) is 5.02 Å². The molecule has 0 fully saturated rings. The summed E-state index contributed by atoms with van der Waals surface area (Å²) in [4.78, 5) is 0. The third kappa shape index (κ3) is 4.44. The zero-order valence-corrected chi connectivity index (χ0v) is 10.8. The summed E-state index contributed by atoms with van der Waals surface area (Å²) in [7, 11) is 1.71. The Morgan fingerprint density at radius 1 is 1.50 bits per heavy atom. The molecular formula is C12H14ClNOS. The molecule has 0 aliphatic rings. The molecule has 1 aromatic carbocycles. The van der Waals surface area contributed by atoms with Gasteiger partial charge in [-0.2, -0.15) is 17.0 Å². The van der Waals surface area contributed by atoms with Gasteiger partial charge >= 0.3 is 0 Å². The predicted molar refractivity (Wildman–Crippen MR) is 68.8 cm³/mol. The molecule has 0 spiro atoms. The van der Waals surface area contributed by atoms with Crippen molar-refractivity contribution in [1.29, 1.82) is 5.26 Å². The number of hydrogen-bond donors (Lipinski definition) is 0. The zero-order valence-electron chi connectivity index (χ0n) is 9.20. The molecule has 1 rings (SSSR count). The molecule has 1 aromatic rings. The molecule has 0 heterocycles. The van der Waals surface area contributed by atoms with Gasteiger partial charge in [0.1, 0.15) is 0 Å². The van der Waals surface area contributed by atoms with Crippen molar-refractivity contribution in [2.75, 3.05) is 19.5 Å². The summed E-state index contributed by atoms with van der Waals surface area (Å²) < 4.78 is 4.97. The average Bonchev–Trinajstić information content (AvgIpc) is 2.30. The van der Waals surface area contributed by atoms with E-state index in [0.717, 1.165) is 30.1 Å². The lowest BCUT2D eigenvalue weighted by atomic mass is 10.2. The lowest BCUT2D eigenvalue weighted by molar-refractivity contribution is 0.200. The van der Waals surface area contributed by atoms with Crippen LogP contribution in [0.25, 0.3) is 0 Å². The number of halogens is 1. The zero-order chi connectivity index (χ0) is 11.8. The second-order valence-electron chi connectivity index (χ2n) is 3.32. The largest absolute Gasteiger partial charge is 0.385 e. The van der Waals surface area contributed by atoms with Crippen molar-refractivity contribution in [3.05, 3.63) is 34.3 Å². The highest BCUT2D eigenvalue weighted by Crippen LogP contribution is 2.22. The van der Waals surface area contributed by atoms with Crippen molar-refractivity contribution >= 4 is 23.4 Å². The Balaban J connectivity index is 2.40. The fourth-order valence-corrected chi connectivity index (χ4v) is 2.49. The molecule has 0 N–H and O–H groups in total. The molecule has 0 atom stereocenters.